The number of esters is 1. The van der Waals surface area contributed by atoms with E-state index in [9.17, 15) is 14.4 Å². The number of ketones is 1. The summed E-state index contributed by atoms with van der Waals surface area (Å²) in [7, 11) is 0. The molecule has 28 heavy (non-hydrogen) atoms. The smallest absolute Gasteiger partial charge is 0.310 e. The molecule has 1 N–H and O–H groups in total. The molecule has 1 aromatic heterocycles. The molecule has 0 spiro atoms. The van der Waals surface area contributed by atoms with Crippen molar-refractivity contribution in [3.05, 3.63) is 56.8 Å². The fraction of sp³-hybridized carbons (Fsp3) is 0.409. The molecular weight excluding hydrogens is 374 g/mol. The maximum atomic E-state index is 12.3. The van der Waals surface area contributed by atoms with E-state index in [0.29, 0.717) is 11.4 Å². The summed E-state index contributed by atoms with van der Waals surface area (Å²) in [6.07, 6.45) is 0.142. The van der Waals surface area contributed by atoms with Gasteiger partial charge in [0, 0.05) is 10.3 Å². The number of carbonyl (C=O) groups excluding carboxylic acids is 3. The van der Waals surface area contributed by atoms with Gasteiger partial charge < -0.3 is 10.1 Å². The second-order valence-corrected chi connectivity index (χ2v) is 9.05. The second kappa shape index (κ2) is 9.15. The molecule has 5 nitrogen and oxygen atoms in total. The van der Waals surface area contributed by atoms with Gasteiger partial charge in [0.15, 0.2) is 6.61 Å². The molecule has 6 heteroatoms. The first kappa shape index (κ1) is 21.8. The third kappa shape index (κ3) is 6.30. The van der Waals surface area contributed by atoms with Crippen molar-refractivity contribution in [3.8, 4) is 0 Å². The van der Waals surface area contributed by atoms with Gasteiger partial charge in [0.2, 0.25) is 11.7 Å². The summed E-state index contributed by atoms with van der Waals surface area (Å²) >= 11 is 1.30. The Morgan fingerprint density at radius 3 is 2.39 bits per heavy atom. The summed E-state index contributed by atoms with van der Waals surface area (Å²) in [5.41, 5.74) is 2.69. The summed E-state index contributed by atoms with van der Waals surface area (Å²) in [6.45, 7) is 9.64. The van der Waals surface area contributed by atoms with Crippen LogP contribution in [0.1, 0.15) is 52.0 Å². The highest BCUT2D eigenvalue weighted by Crippen LogP contribution is 2.19. The lowest BCUT2D eigenvalue weighted by Gasteiger charge is -2.17. The first-order valence-corrected chi connectivity index (χ1v) is 10.00. The maximum Gasteiger partial charge on any atom is 0.310 e. The van der Waals surface area contributed by atoms with Crippen molar-refractivity contribution in [1.82, 2.24) is 5.32 Å². The third-order valence-corrected chi connectivity index (χ3v) is 5.45. The standard InChI is InChI=1S/C22H27NO4S/c1-14-6-7-16(10-15(14)2)11-20(25)27-13-18(24)19-9-8-17(28-19)12-23-21(26)22(3,4)5/h6-10H,11-13H2,1-5H3,(H,23,26). The second-order valence-electron chi connectivity index (χ2n) is 7.88. The largest absolute Gasteiger partial charge is 0.457 e. The molecular formula is C22H27NO4S. The number of thiophene rings is 1. The topological polar surface area (TPSA) is 72.5 Å². The van der Waals surface area contributed by atoms with E-state index in [1.807, 2.05) is 52.8 Å². The molecule has 0 fully saturated rings. The summed E-state index contributed by atoms with van der Waals surface area (Å²) in [5, 5.41) is 2.85. The number of hydrogen-bond acceptors (Lipinski definition) is 5. The fourth-order valence-corrected chi connectivity index (χ4v) is 3.28. The molecule has 0 aliphatic carbocycles. The predicted octanol–water partition coefficient (Wildman–Crippen LogP) is 4.00. The van der Waals surface area contributed by atoms with E-state index in [0.717, 1.165) is 16.0 Å². The van der Waals surface area contributed by atoms with Crippen molar-refractivity contribution in [2.24, 2.45) is 5.41 Å². The van der Waals surface area contributed by atoms with Crippen LogP contribution in [0.2, 0.25) is 0 Å². The number of Topliss-reactive ketones (excluding diaryl/α,β-unsaturated/α-hetero) is 1. The van der Waals surface area contributed by atoms with Crippen molar-refractivity contribution in [1.29, 1.82) is 0 Å². The summed E-state index contributed by atoms with van der Waals surface area (Å²) in [5.74, 6) is -0.716. The Morgan fingerprint density at radius 2 is 1.75 bits per heavy atom. The Morgan fingerprint density at radius 1 is 1.04 bits per heavy atom. The molecule has 0 bridgehead atoms. The number of benzene rings is 1. The van der Waals surface area contributed by atoms with E-state index in [2.05, 4.69) is 5.32 Å². The van der Waals surface area contributed by atoms with Crippen molar-refractivity contribution >= 4 is 29.0 Å². The highest BCUT2D eigenvalue weighted by Gasteiger charge is 2.21. The first-order chi connectivity index (χ1) is 13.1. The molecule has 1 heterocycles. The summed E-state index contributed by atoms with van der Waals surface area (Å²) < 4.78 is 5.13. The Balaban J connectivity index is 1.83. The van der Waals surface area contributed by atoms with Gasteiger partial charge in [0.25, 0.3) is 0 Å². The van der Waals surface area contributed by atoms with Crippen LogP contribution in [-0.2, 0) is 27.3 Å². The molecule has 0 unspecified atom stereocenters. The van der Waals surface area contributed by atoms with Gasteiger partial charge in [-0.05, 0) is 42.7 Å². The van der Waals surface area contributed by atoms with E-state index in [1.165, 1.54) is 16.9 Å². The van der Waals surface area contributed by atoms with Crippen molar-refractivity contribution in [2.45, 2.75) is 47.6 Å². The van der Waals surface area contributed by atoms with E-state index >= 15 is 0 Å². The van der Waals surface area contributed by atoms with Crippen molar-refractivity contribution in [2.75, 3.05) is 6.61 Å². The Bertz CT molecular complexity index is 877. The zero-order valence-corrected chi connectivity index (χ0v) is 17.9. The number of amides is 1. The molecule has 0 radical (unpaired) electrons. The van der Waals surface area contributed by atoms with Gasteiger partial charge in [-0.3, -0.25) is 14.4 Å². The minimum absolute atomic E-state index is 0.0472. The molecule has 0 saturated carbocycles. The lowest BCUT2D eigenvalue weighted by Crippen LogP contribution is -2.34. The monoisotopic (exact) mass is 401 g/mol. The van der Waals surface area contributed by atoms with Crippen LogP contribution in [0.4, 0.5) is 0 Å². The SMILES string of the molecule is Cc1ccc(CC(=O)OCC(=O)c2ccc(CNC(=O)C(C)(C)C)s2)cc1C. The average molecular weight is 402 g/mol. The van der Waals surface area contributed by atoms with Gasteiger partial charge in [-0.2, -0.15) is 0 Å². The number of hydrogen-bond donors (Lipinski definition) is 1. The highest BCUT2D eigenvalue weighted by molar-refractivity contribution is 7.14. The highest BCUT2D eigenvalue weighted by atomic mass is 32.1. The molecule has 2 aromatic rings. The van der Waals surface area contributed by atoms with Gasteiger partial charge >= 0.3 is 5.97 Å². The number of nitrogens with one attached hydrogen (secondary N) is 1. The Hall–Kier alpha value is -2.47. The lowest BCUT2D eigenvalue weighted by molar-refractivity contribution is -0.141. The molecule has 1 aromatic carbocycles. The number of rotatable bonds is 7. The van der Waals surface area contributed by atoms with Crippen LogP contribution >= 0.6 is 11.3 Å². The molecule has 0 atom stereocenters. The Kier molecular flexibility index (Phi) is 7.13. The zero-order valence-electron chi connectivity index (χ0n) is 17.0. The number of ether oxygens (including phenoxy) is 1. The van der Waals surface area contributed by atoms with Crippen molar-refractivity contribution in [3.63, 3.8) is 0 Å². The van der Waals surface area contributed by atoms with E-state index in [4.69, 9.17) is 4.74 Å². The zero-order chi connectivity index (χ0) is 20.9. The van der Waals surface area contributed by atoms with E-state index in [-0.39, 0.29) is 24.7 Å². The van der Waals surface area contributed by atoms with Crippen LogP contribution in [0.3, 0.4) is 0 Å². The molecule has 0 saturated heterocycles. The molecule has 1 amide bonds. The predicted molar refractivity (Wildman–Crippen MR) is 111 cm³/mol. The summed E-state index contributed by atoms with van der Waals surface area (Å²) in [4.78, 5) is 37.6. The Labute approximate surface area is 170 Å². The van der Waals surface area contributed by atoms with Crippen LogP contribution in [0.15, 0.2) is 30.3 Å². The van der Waals surface area contributed by atoms with Crippen LogP contribution in [-0.4, -0.2) is 24.3 Å². The van der Waals surface area contributed by atoms with Crippen LogP contribution in [0.25, 0.3) is 0 Å². The normalized spacial score (nSPS) is 11.2. The van der Waals surface area contributed by atoms with Gasteiger partial charge in [-0.25, -0.2) is 0 Å². The van der Waals surface area contributed by atoms with E-state index in [1.54, 1.807) is 12.1 Å². The maximum absolute atomic E-state index is 12.3. The van der Waals surface area contributed by atoms with Gasteiger partial charge in [-0.15, -0.1) is 11.3 Å². The first-order valence-electron chi connectivity index (χ1n) is 9.18. The quantitative estimate of drug-likeness (QED) is 0.562. The third-order valence-electron chi connectivity index (χ3n) is 4.32. The van der Waals surface area contributed by atoms with Crippen LogP contribution < -0.4 is 5.32 Å². The van der Waals surface area contributed by atoms with Gasteiger partial charge in [0.05, 0.1) is 17.8 Å². The molecule has 2 rings (SSSR count). The van der Waals surface area contributed by atoms with Gasteiger partial charge in [0.1, 0.15) is 0 Å². The number of aryl methyl sites for hydroxylation is 2. The molecule has 0 aliphatic rings. The lowest BCUT2D eigenvalue weighted by atomic mass is 9.96. The molecule has 0 aliphatic heterocycles. The van der Waals surface area contributed by atoms with Crippen LogP contribution in [0, 0.1) is 19.3 Å². The average Bonchev–Trinajstić information content (AvgIpc) is 3.09. The minimum atomic E-state index is -0.458. The summed E-state index contributed by atoms with van der Waals surface area (Å²) in [6, 6.07) is 9.31. The van der Waals surface area contributed by atoms with Gasteiger partial charge in [-0.1, -0.05) is 39.0 Å². The number of carbonyl (C=O) groups is 3. The van der Waals surface area contributed by atoms with Crippen LogP contribution in [0.5, 0.6) is 0 Å². The fourth-order valence-electron chi connectivity index (χ4n) is 2.40. The molecule has 150 valence electrons. The minimum Gasteiger partial charge on any atom is -0.457 e. The van der Waals surface area contributed by atoms with Crippen molar-refractivity contribution < 1.29 is 19.1 Å². The van der Waals surface area contributed by atoms with E-state index < -0.39 is 11.4 Å².